The first-order valence-corrected chi connectivity index (χ1v) is 19.3. The van der Waals surface area contributed by atoms with Gasteiger partial charge < -0.3 is 125 Å². The third-order valence-corrected chi connectivity index (χ3v) is 10.9. The number of carbonyl (C=O) groups excluding carboxylic acids is 2. The van der Waals surface area contributed by atoms with Gasteiger partial charge in [-0.05, 0) is 0 Å². The fourth-order valence-electron chi connectivity index (χ4n) is 7.61. The lowest BCUT2D eigenvalue weighted by atomic mass is 9.88. The number of ether oxygens (including phenoxy) is 7. The van der Waals surface area contributed by atoms with Crippen molar-refractivity contribution in [3.8, 4) is 0 Å². The van der Waals surface area contributed by atoms with Gasteiger partial charge in [0.05, 0.1) is 44.7 Å². The van der Waals surface area contributed by atoms with Crippen molar-refractivity contribution < 1.29 is 134 Å². The number of hydrogen-bond acceptors (Lipinski definition) is 25. The van der Waals surface area contributed by atoms with Crippen LogP contribution < -0.4 is 10.6 Å². The minimum Gasteiger partial charge on any atom is -0.477 e. The van der Waals surface area contributed by atoms with Crippen LogP contribution in [0.5, 0.6) is 0 Å². The molecule has 0 aromatic heterocycles. The largest absolute Gasteiger partial charge is 0.477 e. The van der Waals surface area contributed by atoms with Crippen molar-refractivity contribution in [2.24, 2.45) is 0 Å². The molecule has 2 amide bonds. The Kier molecular flexibility index (Phi) is 18.0. The topological polar surface area (TPSA) is 481 Å². The predicted molar refractivity (Wildman–Crippen MR) is 191 cm³/mol. The second-order valence-corrected chi connectivity index (χ2v) is 15.5. The van der Waals surface area contributed by atoms with Gasteiger partial charge in [0.15, 0.2) is 12.6 Å². The van der Waals surface area contributed by atoms with E-state index in [2.05, 4.69) is 10.6 Å². The van der Waals surface area contributed by atoms with E-state index in [9.17, 15) is 101 Å². The number of amides is 2. The van der Waals surface area contributed by atoms with Crippen molar-refractivity contribution in [3.05, 3.63) is 0 Å². The molecule has 364 valence electrons. The maximum Gasteiger partial charge on any atom is 0.364 e. The Morgan fingerprint density at radius 3 is 1.68 bits per heavy atom. The summed E-state index contributed by atoms with van der Waals surface area (Å²) in [5, 5.41) is 172. The van der Waals surface area contributed by atoms with Crippen LogP contribution in [-0.4, -0.2) is 266 Å². The Hall–Kier alpha value is -2.96. The number of carbonyl (C=O) groups is 4. The van der Waals surface area contributed by atoms with Gasteiger partial charge in [-0.3, -0.25) is 9.59 Å². The Bertz CT molecular complexity index is 1570. The zero-order chi connectivity index (χ0) is 47.5. The fraction of sp³-hybridized carbons (Fsp3) is 0.882. The van der Waals surface area contributed by atoms with Gasteiger partial charge in [-0.15, -0.1) is 0 Å². The van der Waals surface area contributed by atoms with E-state index in [-0.39, 0.29) is 0 Å². The molecular weight excluding hydrogens is 868 g/mol. The molecule has 4 aliphatic rings. The average Bonchev–Trinajstić information content (AvgIpc) is 3.22. The summed E-state index contributed by atoms with van der Waals surface area (Å²) in [7, 11) is 0. The van der Waals surface area contributed by atoms with E-state index in [1.54, 1.807) is 0 Å². The smallest absolute Gasteiger partial charge is 0.364 e. The van der Waals surface area contributed by atoms with E-state index < -0.39 is 197 Å². The number of carboxylic acids is 2. The molecule has 4 aliphatic heterocycles. The van der Waals surface area contributed by atoms with Crippen molar-refractivity contribution in [3.63, 3.8) is 0 Å². The van der Waals surface area contributed by atoms with Gasteiger partial charge in [0.2, 0.25) is 11.8 Å². The molecule has 22 atom stereocenters. The molecule has 0 aliphatic carbocycles. The maximum absolute atomic E-state index is 12.9. The van der Waals surface area contributed by atoms with Gasteiger partial charge in [0, 0.05) is 26.7 Å². The molecule has 0 radical (unpaired) electrons. The van der Waals surface area contributed by atoms with Crippen LogP contribution in [0.25, 0.3) is 0 Å². The van der Waals surface area contributed by atoms with Gasteiger partial charge in [-0.2, -0.15) is 0 Å². The van der Waals surface area contributed by atoms with Crippen molar-refractivity contribution in [2.75, 3.05) is 26.4 Å². The van der Waals surface area contributed by atoms with E-state index in [4.69, 9.17) is 33.2 Å². The highest BCUT2D eigenvalue weighted by molar-refractivity contribution is 5.77. The first-order chi connectivity index (χ1) is 29.4. The molecule has 29 heteroatoms. The molecule has 0 spiro atoms. The van der Waals surface area contributed by atoms with Crippen LogP contribution >= 0.6 is 0 Å². The number of aliphatic carboxylic acids is 2. The highest BCUT2D eigenvalue weighted by Crippen LogP contribution is 2.39. The average molecular weight is 925 g/mol. The van der Waals surface area contributed by atoms with Crippen LogP contribution in [0.3, 0.4) is 0 Å². The SMILES string of the molecule is CC(=O)N[C@H]1[C@H]([C@H](O)[C@H](O)CO)O[C@@](O[C@H]2[C@@H](O)[C@@H](CO)O[C@@H](O[C@H]3[C@@H](O)[C@@H](CO[C@]4(C(=O)O)C[C@H](O)[C@@H](O)[C@H]([C@H](O)[C@H](O)CO)O4)OC(O)[C@@H]3NC(C)=O)[C@@H]2O)(C(=O)O)C[C@@H]1O. The molecule has 4 fully saturated rings. The molecule has 0 saturated carbocycles. The van der Waals surface area contributed by atoms with Crippen LogP contribution in [0, 0.1) is 0 Å². The normalized spacial score (nSPS) is 42.9. The summed E-state index contributed by atoms with van der Waals surface area (Å²) in [4.78, 5) is 49.6. The minimum absolute atomic E-state index is 0.819. The van der Waals surface area contributed by atoms with Crippen molar-refractivity contribution in [1.82, 2.24) is 10.6 Å². The molecule has 4 rings (SSSR count). The third kappa shape index (κ3) is 11.4. The van der Waals surface area contributed by atoms with E-state index in [1.807, 2.05) is 0 Å². The first kappa shape index (κ1) is 52.7. The Labute approximate surface area is 355 Å². The lowest BCUT2D eigenvalue weighted by molar-refractivity contribution is -0.382. The summed E-state index contributed by atoms with van der Waals surface area (Å²) in [6, 6.07) is -3.46. The summed E-state index contributed by atoms with van der Waals surface area (Å²) in [5.41, 5.74) is 0. The highest BCUT2D eigenvalue weighted by atomic mass is 16.8. The second-order valence-electron chi connectivity index (χ2n) is 15.5. The zero-order valence-electron chi connectivity index (χ0n) is 33.4. The number of rotatable bonds is 18. The van der Waals surface area contributed by atoms with Crippen LogP contribution in [0.4, 0.5) is 0 Å². The molecule has 0 bridgehead atoms. The van der Waals surface area contributed by atoms with Crippen molar-refractivity contribution in [1.29, 1.82) is 0 Å². The Balaban J connectivity index is 1.65. The monoisotopic (exact) mass is 924 g/mol. The van der Waals surface area contributed by atoms with E-state index >= 15 is 0 Å². The number of aliphatic hydroxyl groups is 14. The quantitative estimate of drug-likeness (QED) is 0.0607. The molecule has 18 N–H and O–H groups in total. The molecule has 4 heterocycles. The van der Waals surface area contributed by atoms with Crippen LogP contribution in [0.1, 0.15) is 26.7 Å². The van der Waals surface area contributed by atoms with Gasteiger partial charge in [0.25, 0.3) is 11.6 Å². The van der Waals surface area contributed by atoms with Crippen molar-refractivity contribution in [2.45, 2.75) is 161 Å². The maximum atomic E-state index is 12.9. The fourth-order valence-corrected chi connectivity index (χ4v) is 7.61. The standard InChI is InChI=1S/C34H56N2O27/c1-9(40)35-17-11(42)3-34(32(55)56,61-26(17)20(47)13(44)5-37)63-28-22(49)15(7-39)59-30(24(28)51)60-25-18(36-10(2)41)29(52)58-16(23(25)50)8-57-33(31(53)54)4-12(43)19(46)27(62-33)21(48)14(45)6-38/h11-30,37-39,42-52H,3-8H2,1-2H3,(H,35,40)(H,36,41)(H,53,54)(H,55,56)/t11-,12-,13+,14+,15+,16+,17+,18+,19+,20+,21+,22-,23-,24+,25+,26+,27+,28-,29?,30-,33+,34-/m0/s1. The third-order valence-electron chi connectivity index (χ3n) is 10.9. The first-order valence-electron chi connectivity index (χ1n) is 19.3. The highest BCUT2D eigenvalue weighted by Gasteiger charge is 2.61. The summed E-state index contributed by atoms with van der Waals surface area (Å²) >= 11 is 0. The summed E-state index contributed by atoms with van der Waals surface area (Å²) in [6.07, 6.45) is -40.2. The molecular formula is C34H56N2O27. The lowest BCUT2D eigenvalue weighted by Gasteiger charge is -2.51. The summed E-state index contributed by atoms with van der Waals surface area (Å²) in [5.74, 6) is -11.9. The molecule has 29 nitrogen and oxygen atoms in total. The second kappa shape index (κ2) is 21.6. The van der Waals surface area contributed by atoms with Gasteiger partial charge in [-0.1, -0.05) is 0 Å². The van der Waals surface area contributed by atoms with Crippen molar-refractivity contribution >= 4 is 23.8 Å². The molecule has 0 aromatic carbocycles. The lowest BCUT2D eigenvalue weighted by Crippen LogP contribution is -2.71. The predicted octanol–water partition coefficient (Wildman–Crippen LogP) is -11.0. The van der Waals surface area contributed by atoms with Gasteiger partial charge >= 0.3 is 11.9 Å². The zero-order valence-corrected chi connectivity index (χ0v) is 33.4. The van der Waals surface area contributed by atoms with Crippen LogP contribution in [0.2, 0.25) is 0 Å². The van der Waals surface area contributed by atoms with Crippen LogP contribution in [-0.2, 0) is 52.3 Å². The molecule has 63 heavy (non-hydrogen) atoms. The molecule has 0 aromatic rings. The number of carboxylic acid groups (broad SMARTS) is 2. The Morgan fingerprint density at radius 2 is 1.16 bits per heavy atom. The van der Waals surface area contributed by atoms with E-state index in [0.717, 1.165) is 13.8 Å². The number of aliphatic hydroxyl groups excluding tert-OH is 14. The summed E-state index contributed by atoms with van der Waals surface area (Å²) < 4.78 is 38.6. The van der Waals surface area contributed by atoms with Crippen LogP contribution in [0.15, 0.2) is 0 Å². The molecule has 4 saturated heterocycles. The summed E-state index contributed by atoms with van der Waals surface area (Å²) in [6.45, 7) is -2.52. The minimum atomic E-state index is -3.19. The van der Waals surface area contributed by atoms with E-state index in [1.165, 1.54) is 0 Å². The number of hydrogen-bond donors (Lipinski definition) is 18. The molecule has 1 unspecified atom stereocenters. The van der Waals surface area contributed by atoms with Gasteiger partial charge in [-0.25, -0.2) is 9.59 Å². The Morgan fingerprint density at radius 1 is 0.651 bits per heavy atom. The van der Waals surface area contributed by atoms with Gasteiger partial charge in [0.1, 0.15) is 91.5 Å². The number of nitrogens with one attached hydrogen (secondary N) is 2. The van der Waals surface area contributed by atoms with E-state index in [0.29, 0.717) is 0 Å².